The van der Waals surface area contributed by atoms with Crippen LogP contribution in [0.3, 0.4) is 0 Å². The molecule has 1 atom stereocenters. The fraction of sp³-hybridized carbons (Fsp3) is 0.706. The van der Waals surface area contributed by atoms with Gasteiger partial charge in [-0.3, -0.25) is 0 Å². The molecule has 2 N–H and O–H groups in total. The van der Waals surface area contributed by atoms with E-state index in [2.05, 4.69) is 11.8 Å². The second-order valence-corrected chi connectivity index (χ2v) is 6.42. The van der Waals surface area contributed by atoms with Crippen molar-refractivity contribution in [2.45, 2.75) is 57.9 Å². The maximum absolute atomic E-state index is 6.02. The second-order valence-electron chi connectivity index (χ2n) is 6.42. The van der Waals surface area contributed by atoms with E-state index >= 15 is 0 Å². The summed E-state index contributed by atoms with van der Waals surface area (Å²) in [5.74, 6) is 2.37. The Morgan fingerprint density at radius 3 is 2.86 bits per heavy atom. The van der Waals surface area contributed by atoms with Crippen LogP contribution in [-0.4, -0.2) is 24.2 Å². The molecule has 0 bridgehead atoms. The van der Waals surface area contributed by atoms with Crippen molar-refractivity contribution >= 4 is 11.5 Å². The number of hydrogen-bond acceptors (Lipinski definition) is 4. The molecule has 0 radical (unpaired) electrons. The van der Waals surface area contributed by atoms with Gasteiger partial charge in [-0.05, 0) is 50.2 Å². The predicted molar refractivity (Wildman–Crippen MR) is 86.8 cm³/mol. The Balaban J connectivity index is 1.77. The van der Waals surface area contributed by atoms with Crippen LogP contribution in [0, 0.1) is 5.92 Å². The number of anilines is 2. The molecular formula is C17H27N3O. The summed E-state index contributed by atoms with van der Waals surface area (Å²) in [6, 6.07) is 4.59. The van der Waals surface area contributed by atoms with Gasteiger partial charge in [0, 0.05) is 12.6 Å². The highest BCUT2D eigenvalue weighted by atomic mass is 16.5. The monoisotopic (exact) mass is 289 g/mol. The topological polar surface area (TPSA) is 51.4 Å². The molecule has 21 heavy (non-hydrogen) atoms. The number of nitrogens with two attached hydrogens (primary N) is 1. The van der Waals surface area contributed by atoms with Crippen molar-refractivity contribution in [2.75, 3.05) is 23.8 Å². The summed E-state index contributed by atoms with van der Waals surface area (Å²) >= 11 is 0. The van der Waals surface area contributed by atoms with E-state index in [0.717, 1.165) is 24.9 Å². The molecule has 1 aliphatic heterocycles. The van der Waals surface area contributed by atoms with Crippen LogP contribution < -0.4 is 15.4 Å². The first kappa shape index (κ1) is 14.5. The normalized spacial score (nSPS) is 22.9. The maximum Gasteiger partial charge on any atom is 0.239 e. The fourth-order valence-corrected chi connectivity index (χ4v) is 3.10. The van der Waals surface area contributed by atoms with Gasteiger partial charge in [0.1, 0.15) is 5.82 Å². The van der Waals surface area contributed by atoms with Gasteiger partial charge in [0.25, 0.3) is 0 Å². The molecule has 2 aliphatic rings. The minimum absolute atomic E-state index is 0.597. The number of nitrogens with zero attached hydrogens (tertiary/aromatic N) is 2. The van der Waals surface area contributed by atoms with E-state index in [1.165, 1.54) is 44.9 Å². The van der Waals surface area contributed by atoms with Crippen LogP contribution in [0.2, 0.25) is 0 Å². The lowest BCUT2D eigenvalue weighted by molar-refractivity contribution is 0.290. The van der Waals surface area contributed by atoms with Crippen LogP contribution in [0.15, 0.2) is 12.1 Å². The Morgan fingerprint density at radius 1 is 1.24 bits per heavy atom. The van der Waals surface area contributed by atoms with Gasteiger partial charge < -0.3 is 15.4 Å². The summed E-state index contributed by atoms with van der Waals surface area (Å²) in [5.41, 5.74) is 6.67. The fourth-order valence-electron chi connectivity index (χ4n) is 3.10. The van der Waals surface area contributed by atoms with E-state index in [1.54, 1.807) is 0 Å². The van der Waals surface area contributed by atoms with Crippen LogP contribution in [0.4, 0.5) is 11.5 Å². The Labute approximate surface area is 127 Å². The van der Waals surface area contributed by atoms with Crippen molar-refractivity contribution in [3.63, 3.8) is 0 Å². The van der Waals surface area contributed by atoms with Crippen LogP contribution in [0.5, 0.6) is 5.88 Å². The minimum Gasteiger partial charge on any atom is -0.476 e. The predicted octanol–water partition coefficient (Wildman–Crippen LogP) is 3.61. The molecule has 0 aromatic carbocycles. The van der Waals surface area contributed by atoms with Gasteiger partial charge in [0.2, 0.25) is 5.88 Å². The van der Waals surface area contributed by atoms with Crippen molar-refractivity contribution in [3.8, 4) is 5.88 Å². The molecule has 1 unspecified atom stereocenters. The van der Waals surface area contributed by atoms with Crippen molar-refractivity contribution in [2.24, 2.45) is 5.92 Å². The van der Waals surface area contributed by atoms with Crippen LogP contribution in [-0.2, 0) is 0 Å². The van der Waals surface area contributed by atoms with Crippen molar-refractivity contribution < 1.29 is 4.74 Å². The van der Waals surface area contributed by atoms with E-state index in [0.29, 0.717) is 17.6 Å². The van der Waals surface area contributed by atoms with Crippen LogP contribution in [0.25, 0.3) is 0 Å². The number of rotatable bonds is 5. The van der Waals surface area contributed by atoms with Gasteiger partial charge in [-0.2, -0.15) is 4.98 Å². The summed E-state index contributed by atoms with van der Waals surface area (Å²) < 4.78 is 5.83. The second kappa shape index (κ2) is 6.54. The first-order valence-corrected chi connectivity index (χ1v) is 8.44. The zero-order valence-electron chi connectivity index (χ0n) is 13.1. The molecule has 1 saturated carbocycles. The highest BCUT2D eigenvalue weighted by molar-refractivity contribution is 5.55. The van der Waals surface area contributed by atoms with E-state index in [4.69, 9.17) is 15.5 Å². The third-order valence-electron chi connectivity index (χ3n) is 4.67. The number of pyridine rings is 1. The van der Waals surface area contributed by atoms with Crippen molar-refractivity contribution in [1.82, 2.24) is 4.98 Å². The van der Waals surface area contributed by atoms with Crippen molar-refractivity contribution in [3.05, 3.63) is 12.1 Å². The summed E-state index contributed by atoms with van der Waals surface area (Å²) in [5, 5.41) is 0. The molecule has 2 heterocycles. The number of ether oxygens (including phenoxy) is 1. The minimum atomic E-state index is 0.597. The molecule has 4 nitrogen and oxygen atoms in total. The van der Waals surface area contributed by atoms with E-state index in [-0.39, 0.29) is 0 Å². The van der Waals surface area contributed by atoms with E-state index in [1.807, 2.05) is 12.1 Å². The Morgan fingerprint density at radius 2 is 2.10 bits per heavy atom. The Bertz CT molecular complexity index is 473. The lowest BCUT2D eigenvalue weighted by atomic mass is 10.1. The molecule has 1 aliphatic carbocycles. The third-order valence-corrected chi connectivity index (χ3v) is 4.67. The average Bonchev–Trinajstić information content (AvgIpc) is 3.33. The summed E-state index contributed by atoms with van der Waals surface area (Å²) in [4.78, 5) is 7.17. The average molecular weight is 289 g/mol. The molecule has 116 valence electrons. The molecule has 1 saturated heterocycles. The molecule has 1 aromatic heterocycles. The first-order chi connectivity index (χ1) is 10.3. The summed E-state index contributed by atoms with van der Waals surface area (Å²) in [6.45, 7) is 4.13. The molecule has 0 amide bonds. The van der Waals surface area contributed by atoms with Gasteiger partial charge in [0.05, 0.1) is 12.3 Å². The quantitative estimate of drug-likeness (QED) is 0.899. The summed E-state index contributed by atoms with van der Waals surface area (Å²) in [7, 11) is 0. The van der Waals surface area contributed by atoms with E-state index in [9.17, 15) is 0 Å². The molecule has 4 heteroatoms. The van der Waals surface area contributed by atoms with Gasteiger partial charge in [-0.1, -0.05) is 19.8 Å². The zero-order chi connectivity index (χ0) is 14.7. The molecular weight excluding hydrogens is 262 g/mol. The third kappa shape index (κ3) is 3.60. The summed E-state index contributed by atoms with van der Waals surface area (Å²) in [6.07, 6.45) is 8.90. The largest absolute Gasteiger partial charge is 0.476 e. The van der Waals surface area contributed by atoms with Gasteiger partial charge in [0.15, 0.2) is 0 Å². The zero-order valence-corrected chi connectivity index (χ0v) is 13.1. The van der Waals surface area contributed by atoms with E-state index < -0.39 is 0 Å². The molecule has 1 aromatic rings. The highest BCUT2D eigenvalue weighted by Crippen LogP contribution is 2.32. The SMILES string of the molecule is CCC1CCCCCN1c1ccc(N)c(OCC2CC2)n1. The smallest absolute Gasteiger partial charge is 0.239 e. The standard InChI is InChI=1S/C17H27N3O/c1-2-14-6-4-3-5-11-20(14)16-10-9-15(18)17(19-16)21-12-13-7-8-13/h9-10,13-14H,2-8,11-12,18H2,1H3. The lowest BCUT2D eigenvalue weighted by Gasteiger charge is -2.30. The van der Waals surface area contributed by atoms with Gasteiger partial charge >= 0.3 is 0 Å². The molecule has 2 fully saturated rings. The Kier molecular flexibility index (Phi) is 4.51. The van der Waals surface area contributed by atoms with Crippen LogP contribution in [0.1, 0.15) is 51.9 Å². The van der Waals surface area contributed by atoms with Gasteiger partial charge in [-0.15, -0.1) is 0 Å². The first-order valence-electron chi connectivity index (χ1n) is 8.44. The molecule has 3 rings (SSSR count). The maximum atomic E-state index is 6.02. The lowest BCUT2D eigenvalue weighted by Crippen LogP contribution is -2.35. The molecule has 0 spiro atoms. The van der Waals surface area contributed by atoms with Crippen molar-refractivity contribution in [1.29, 1.82) is 0 Å². The van der Waals surface area contributed by atoms with Crippen LogP contribution >= 0.6 is 0 Å². The number of nitrogen functional groups attached to an aromatic ring is 1. The highest BCUT2D eigenvalue weighted by Gasteiger charge is 2.24. The van der Waals surface area contributed by atoms with Gasteiger partial charge in [-0.25, -0.2) is 0 Å². The Hall–Kier alpha value is -1.45. The number of aromatic nitrogens is 1. The number of hydrogen-bond donors (Lipinski definition) is 1.